The van der Waals surface area contributed by atoms with Crippen LogP contribution in [-0.4, -0.2) is 29.3 Å². The molecule has 1 aliphatic rings. The van der Waals surface area contributed by atoms with Gasteiger partial charge in [-0.1, -0.05) is 51.1 Å². The smallest absolute Gasteiger partial charge is 0.261 e. The molecule has 8 heteroatoms. The minimum absolute atomic E-state index is 0.112. The van der Waals surface area contributed by atoms with E-state index in [2.05, 4.69) is 9.71 Å². The summed E-state index contributed by atoms with van der Waals surface area (Å²) < 4.78 is 28.8. The Morgan fingerprint density at radius 1 is 1.09 bits per heavy atom. The van der Waals surface area contributed by atoms with Gasteiger partial charge in [-0.3, -0.25) is 14.5 Å². The summed E-state index contributed by atoms with van der Waals surface area (Å²) in [6.07, 6.45) is 2.07. The third-order valence-electron chi connectivity index (χ3n) is 5.48. The van der Waals surface area contributed by atoms with E-state index in [9.17, 15) is 18.3 Å². The Balaban J connectivity index is 1.67. The second kappa shape index (κ2) is 8.03. The van der Waals surface area contributed by atoms with Crippen molar-refractivity contribution in [2.75, 3.05) is 4.72 Å². The van der Waals surface area contributed by atoms with Crippen LogP contribution >= 0.6 is 0 Å². The lowest BCUT2D eigenvalue weighted by Crippen LogP contribution is -2.27. The molecule has 1 aromatic heterocycles. The lowest BCUT2D eigenvalue weighted by atomic mass is 9.87. The largest absolute Gasteiger partial charge is 0.369 e. The van der Waals surface area contributed by atoms with Crippen LogP contribution in [0.3, 0.4) is 0 Å². The predicted octanol–water partition coefficient (Wildman–Crippen LogP) is 3.83. The van der Waals surface area contributed by atoms with Crippen molar-refractivity contribution in [3.8, 4) is 0 Å². The van der Waals surface area contributed by atoms with Gasteiger partial charge in [-0.05, 0) is 40.8 Å². The van der Waals surface area contributed by atoms with Crippen LogP contribution in [0.2, 0.25) is 0 Å². The first kappa shape index (κ1) is 22.0. The number of nitrogens with one attached hydrogen (secondary N) is 1. The fraction of sp³-hybridized carbons (Fsp3) is 0.250. The highest BCUT2D eigenvalue weighted by molar-refractivity contribution is 7.92. The molecule has 1 aliphatic heterocycles. The van der Waals surface area contributed by atoms with Gasteiger partial charge >= 0.3 is 0 Å². The molecule has 4 rings (SSSR count). The van der Waals surface area contributed by atoms with Crippen molar-refractivity contribution in [3.63, 3.8) is 0 Å². The molecule has 0 spiro atoms. The molecule has 32 heavy (non-hydrogen) atoms. The molecular weight excluding hydrogens is 426 g/mol. The molecule has 0 radical (unpaired) electrons. The molecule has 3 aromatic rings. The van der Waals surface area contributed by atoms with E-state index in [-0.39, 0.29) is 28.1 Å². The summed E-state index contributed by atoms with van der Waals surface area (Å²) in [5.74, 6) is -0.446. The van der Waals surface area contributed by atoms with Crippen LogP contribution in [0, 0.1) is 0 Å². The number of carbonyl (C=O) groups is 1. The van der Waals surface area contributed by atoms with Crippen molar-refractivity contribution >= 4 is 21.6 Å². The van der Waals surface area contributed by atoms with Crippen molar-refractivity contribution in [1.82, 2.24) is 9.88 Å². The number of amides is 1. The minimum Gasteiger partial charge on any atom is -0.369 e. The maximum absolute atomic E-state index is 13.2. The van der Waals surface area contributed by atoms with Gasteiger partial charge in [-0.25, -0.2) is 8.42 Å². The van der Waals surface area contributed by atoms with Crippen LogP contribution in [0.25, 0.3) is 0 Å². The number of hydrogen-bond acceptors (Lipinski definition) is 5. The molecule has 1 atom stereocenters. The van der Waals surface area contributed by atoms with E-state index in [0.29, 0.717) is 5.56 Å². The zero-order valence-electron chi connectivity index (χ0n) is 18.1. The average Bonchev–Trinajstić information content (AvgIpc) is 2.99. The van der Waals surface area contributed by atoms with Gasteiger partial charge in [0.1, 0.15) is 0 Å². The van der Waals surface area contributed by atoms with Crippen LogP contribution in [0.1, 0.15) is 54.0 Å². The quantitative estimate of drug-likeness (QED) is 0.614. The van der Waals surface area contributed by atoms with Crippen molar-refractivity contribution in [2.45, 2.75) is 43.9 Å². The molecule has 1 amide bonds. The summed E-state index contributed by atoms with van der Waals surface area (Å²) in [4.78, 5) is 18.6. The van der Waals surface area contributed by atoms with E-state index in [0.717, 1.165) is 11.1 Å². The fourth-order valence-electron chi connectivity index (χ4n) is 3.71. The number of aliphatic hydroxyl groups excluding tert-OH is 1. The van der Waals surface area contributed by atoms with Crippen molar-refractivity contribution in [2.24, 2.45) is 0 Å². The molecular formula is C24H25N3O4S. The number of carbonyl (C=O) groups excluding carboxylic acids is 1. The number of benzene rings is 2. The van der Waals surface area contributed by atoms with E-state index < -0.39 is 22.2 Å². The molecule has 1 unspecified atom stereocenters. The number of fused-ring (bicyclic) bond motifs is 1. The van der Waals surface area contributed by atoms with E-state index in [1.807, 2.05) is 32.9 Å². The Labute approximate surface area is 187 Å². The Morgan fingerprint density at radius 3 is 2.53 bits per heavy atom. The highest BCUT2D eigenvalue weighted by Gasteiger charge is 2.38. The number of hydrogen-bond donors (Lipinski definition) is 2. The third kappa shape index (κ3) is 4.11. The summed E-state index contributed by atoms with van der Waals surface area (Å²) in [5.41, 5.74) is 2.08. The second-order valence-corrected chi connectivity index (χ2v) is 10.5. The second-order valence-electron chi connectivity index (χ2n) is 8.82. The Kier molecular flexibility index (Phi) is 5.52. The van der Waals surface area contributed by atoms with Crippen LogP contribution in [0.4, 0.5) is 5.69 Å². The number of aromatic nitrogens is 1. The van der Waals surface area contributed by atoms with Crippen LogP contribution in [-0.2, 0) is 22.0 Å². The predicted molar refractivity (Wildman–Crippen MR) is 121 cm³/mol. The highest BCUT2D eigenvalue weighted by atomic mass is 32.2. The summed E-state index contributed by atoms with van der Waals surface area (Å²) in [5, 5.41) is 10.7. The number of aliphatic hydroxyl groups is 1. The van der Waals surface area contributed by atoms with Crippen LogP contribution in [0.5, 0.6) is 0 Å². The van der Waals surface area contributed by atoms with Gasteiger partial charge in [0.25, 0.3) is 15.9 Å². The maximum Gasteiger partial charge on any atom is 0.261 e. The summed E-state index contributed by atoms with van der Waals surface area (Å²) in [6, 6.07) is 15.1. The maximum atomic E-state index is 13.2. The van der Waals surface area contributed by atoms with Gasteiger partial charge in [0.05, 0.1) is 22.7 Å². The van der Waals surface area contributed by atoms with Gasteiger partial charge in [-0.15, -0.1) is 0 Å². The molecule has 2 aromatic carbocycles. The van der Waals surface area contributed by atoms with E-state index in [1.165, 1.54) is 17.0 Å². The normalized spacial score (nSPS) is 16.2. The molecule has 0 saturated heterocycles. The van der Waals surface area contributed by atoms with Crippen molar-refractivity contribution in [3.05, 3.63) is 89.2 Å². The Hall–Kier alpha value is -3.23. The lowest BCUT2D eigenvalue weighted by Gasteiger charge is -2.20. The molecule has 0 aliphatic carbocycles. The topological polar surface area (TPSA) is 99.6 Å². The molecule has 0 bridgehead atoms. The van der Waals surface area contributed by atoms with Crippen LogP contribution in [0.15, 0.2) is 71.9 Å². The number of sulfonamides is 1. The molecule has 2 heterocycles. The molecule has 2 N–H and O–H groups in total. The first-order valence-electron chi connectivity index (χ1n) is 10.2. The number of pyridine rings is 1. The van der Waals surface area contributed by atoms with Gasteiger partial charge < -0.3 is 10.0 Å². The van der Waals surface area contributed by atoms with Gasteiger partial charge in [0, 0.05) is 18.0 Å². The van der Waals surface area contributed by atoms with Crippen LogP contribution < -0.4 is 4.72 Å². The first-order valence-corrected chi connectivity index (χ1v) is 11.7. The first-order chi connectivity index (χ1) is 15.1. The molecule has 166 valence electrons. The molecule has 7 nitrogen and oxygen atoms in total. The van der Waals surface area contributed by atoms with Gasteiger partial charge in [0.2, 0.25) is 0 Å². The molecule has 0 fully saturated rings. The third-order valence-corrected chi connectivity index (χ3v) is 6.84. The summed E-state index contributed by atoms with van der Waals surface area (Å²) in [6.45, 7) is 6.18. The van der Waals surface area contributed by atoms with E-state index in [1.54, 1.807) is 42.7 Å². The SMILES string of the molecule is CC(C)(C)c1cccc(S(=O)(=O)Nc2cccc3c2C(=O)N(Cc2cccnc2)C3O)c1. The zero-order chi connectivity index (χ0) is 23.1. The minimum atomic E-state index is -3.95. The van der Waals surface area contributed by atoms with Gasteiger partial charge in [-0.2, -0.15) is 0 Å². The van der Waals surface area contributed by atoms with Gasteiger partial charge in [0.15, 0.2) is 6.23 Å². The van der Waals surface area contributed by atoms with Crippen molar-refractivity contribution in [1.29, 1.82) is 0 Å². The Morgan fingerprint density at radius 2 is 1.84 bits per heavy atom. The van der Waals surface area contributed by atoms with E-state index in [4.69, 9.17) is 0 Å². The summed E-state index contributed by atoms with van der Waals surface area (Å²) in [7, 11) is -3.95. The lowest BCUT2D eigenvalue weighted by molar-refractivity contribution is 0.0137. The number of anilines is 1. The fourth-order valence-corrected chi connectivity index (χ4v) is 4.83. The average molecular weight is 452 g/mol. The van der Waals surface area contributed by atoms with E-state index >= 15 is 0 Å². The molecule has 0 saturated carbocycles. The van der Waals surface area contributed by atoms with Crippen molar-refractivity contribution < 1.29 is 18.3 Å². The number of rotatable bonds is 5. The number of nitrogens with zero attached hydrogens (tertiary/aromatic N) is 2. The monoisotopic (exact) mass is 451 g/mol. The highest BCUT2D eigenvalue weighted by Crippen LogP contribution is 2.38. The standard InChI is InChI=1S/C24H25N3O4S/c1-24(2,3)17-8-4-9-18(13-17)32(30,31)26-20-11-5-10-19-21(20)23(29)27(22(19)28)15-16-7-6-12-25-14-16/h4-14,22,26,28H,15H2,1-3H3. The Bertz CT molecular complexity index is 1270. The zero-order valence-corrected chi connectivity index (χ0v) is 18.9. The summed E-state index contributed by atoms with van der Waals surface area (Å²) >= 11 is 0.